The van der Waals surface area contributed by atoms with Gasteiger partial charge in [-0.25, -0.2) is 0 Å². The van der Waals surface area contributed by atoms with Crippen LogP contribution in [0, 0.1) is 3.57 Å². The van der Waals surface area contributed by atoms with Gasteiger partial charge in [0, 0.05) is 3.57 Å². The predicted molar refractivity (Wildman–Crippen MR) is 92.6 cm³/mol. The minimum absolute atomic E-state index is 0.0774. The van der Waals surface area contributed by atoms with Gasteiger partial charge in [-0.2, -0.15) is 0 Å². The summed E-state index contributed by atoms with van der Waals surface area (Å²) in [6, 6.07) is 4.55. The number of anilines is 1. The summed E-state index contributed by atoms with van der Waals surface area (Å²) in [4.78, 5) is 26.6. The SMILES string of the molecule is CCCC1NC(=O)C(CC)N(c2ccc(I)cc2Cl)C1=O. The molecule has 1 aliphatic rings. The van der Waals surface area contributed by atoms with Crippen molar-refractivity contribution in [2.75, 3.05) is 4.90 Å². The van der Waals surface area contributed by atoms with Crippen LogP contribution in [0.2, 0.25) is 5.02 Å². The van der Waals surface area contributed by atoms with Gasteiger partial charge in [-0.05, 0) is 53.6 Å². The zero-order valence-electron chi connectivity index (χ0n) is 12.0. The summed E-state index contributed by atoms with van der Waals surface area (Å²) in [6.07, 6.45) is 2.03. The monoisotopic (exact) mass is 420 g/mol. The number of rotatable bonds is 4. The van der Waals surface area contributed by atoms with Crippen molar-refractivity contribution in [1.29, 1.82) is 0 Å². The minimum Gasteiger partial charge on any atom is -0.342 e. The second kappa shape index (κ2) is 6.96. The van der Waals surface area contributed by atoms with Gasteiger partial charge in [0.15, 0.2) is 0 Å². The molecule has 1 saturated heterocycles. The van der Waals surface area contributed by atoms with Crippen molar-refractivity contribution in [2.45, 2.75) is 45.2 Å². The number of carbonyl (C=O) groups excluding carboxylic acids is 2. The predicted octanol–water partition coefficient (Wildman–Crippen LogP) is 3.35. The third-order valence-corrected chi connectivity index (χ3v) is 4.57. The molecule has 1 fully saturated rings. The Kier molecular flexibility index (Phi) is 5.48. The highest BCUT2D eigenvalue weighted by atomic mass is 127. The molecule has 0 spiro atoms. The Morgan fingerprint density at radius 2 is 2.05 bits per heavy atom. The molecule has 2 rings (SSSR count). The number of nitrogens with zero attached hydrogens (tertiary/aromatic N) is 1. The summed E-state index contributed by atoms with van der Waals surface area (Å²) in [6.45, 7) is 3.89. The van der Waals surface area contributed by atoms with Crippen LogP contribution in [0.5, 0.6) is 0 Å². The maximum Gasteiger partial charge on any atom is 0.250 e. The second-order valence-corrected chi connectivity index (χ2v) is 6.73. The van der Waals surface area contributed by atoms with Crippen molar-refractivity contribution >= 4 is 51.7 Å². The molecule has 0 radical (unpaired) electrons. The standard InChI is InChI=1S/C15H18ClIN2O2/c1-3-5-11-15(21)19(12(4-2)14(20)18-11)13-7-6-9(17)8-10(13)16/h6-8,11-12H,3-5H2,1-2H3,(H,18,20). The first kappa shape index (κ1) is 16.5. The molecule has 1 aliphatic heterocycles. The fraction of sp³-hybridized carbons (Fsp3) is 0.467. The van der Waals surface area contributed by atoms with Crippen LogP contribution >= 0.6 is 34.2 Å². The summed E-state index contributed by atoms with van der Waals surface area (Å²) in [5, 5.41) is 3.32. The highest BCUT2D eigenvalue weighted by Crippen LogP contribution is 2.32. The third kappa shape index (κ3) is 3.34. The topological polar surface area (TPSA) is 49.4 Å². The first-order valence-electron chi connectivity index (χ1n) is 7.08. The number of nitrogens with one attached hydrogen (secondary N) is 1. The first-order chi connectivity index (χ1) is 9.99. The van der Waals surface area contributed by atoms with E-state index >= 15 is 0 Å². The van der Waals surface area contributed by atoms with E-state index in [9.17, 15) is 9.59 Å². The number of halogens is 2. The Bertz CT molecular complexity index is 565. The van der Waals surface area contributed by atoms with Gasteiger partial charge in [-0.3, -0.25) is 14.5 Å². The van der Waals surface area contributed by atoms with Crippen molar-refractivity contribution in [1.82, 2.24) is 5.32 Å². The normalized spacial score (nSPS) is 22.4. The molecule has 1 N–H and O–H groups in total. The van der Waals surface area contributed by atoms with Crippen LogP contribution < -0.4 is 10.2 Å². The number of hydrogen-bond donors (Lipinski definition) is 1. The Labute approximate surface area is 143 Å². The minimum atomic E-state index is -0.497. The number of hydrogen-bond acceptors (Lipinski definition) is 2. The molecule has 2 unspecified atom stereocenters. The van der Waals surface area contributed by atoms with Crippen LogP contribution in [-0.4, -0.2) is 23.9 Å². The highest BCUT2D eigenvalue weighted by molar-refractivity contribution is 14.1. The van der Waals surface area contributed by atoms with E-state index in [1.807, 2.05) is 26.0 Å². The summed E-state index contributed by atoms with van der Waals surface area (Å²) >= 11 is 8.46. The molecule has 114 valence electrons. The van der Waals surface area contributed by atoms with Crippen LogP contribution in [-0.2, 0) is 9.59 Å². The molecule has 6 heteroatoms. The van der Waals surface area contributed by atoms with Crippen molar-refractivity contribution in [2.24, 2.45) is 0 Å². The molecule has 1 aromatic rings. The zero-order chi connectivity index (χ0) is 15.6. The van der Waals surface area contributed by atoms with E-state index in [0.29, 0.717) is 23.6 Å². The maximum absolute atomic E-state index is 12.7. The van der Waals surface area contributed by atoms with E-state index in [4.69, 9.17) is 11.6 Å². The van der Waals surface area contributed by atoms with Crippen LogP contribution in [0.15, 0.2) is 18.2 Å². The lowest BCUT2D eigenvalue weighted by Crippen LogP contribution is -2.63. The molecule has 1 aromatic carbocycles. The van der Waals surface area contributed by atoms with Gasteiger partial charge in [0.2, 0.25) is 11.8 Å². The van der Waals surface area contributed by atoms with Gasteiger partial charge in [-0.15, -0.1) is 0 Å². The van der Waals surface area contributed by atoms with E-state index in [0.717, 1.165) is 9.99 Å². The molecule has 0 bridgehead atoms. The van der Waals surface area contributed by atoms with Crippen LogP contribution in [0.3, 0.4) is 0 Å². The van der Waals surface area contributed by atoms with Gasteiger partial charge in [0.1, 0.15) is 12.1 Å². The fourth-order valence-electron chi connectivity index (χ4n) is 2.58. The van der Waals surface area contributed by atoms with Crippen molar-refractivity contribution < 1.29 is 9.59 Å². The molecule has 2 amide bonds. The third-order valence-electron chi connectivity index (χ3n) is 3.60. The molecule has 0 aliphatic carbocycles. The molecule has 21 heavy (non-hydrogen) atoms. The molecule has 0 aromatic heterocycles. The van der Waals surface area contributed by atoms with E-state index in [-0.39, 0.29) is 11.8 Å². The lowest BCUT2D eigenvalue weighted by molar-refractivity contribution is -0.134. The first-order valence-corrected chi connectivity index (χ1v) is 8.53. The smallest absolute Gasteiger partial charge is 0.250 e. The summed E-state index contributed by atoms with van der Waals surface area (Å²) < 4.78 is 0.994. The van der Waals surface area contributed by atoms with Crippen LogP contribution in [0.4, 0.5) is 5.69 Å². The molecule has 0 saturated carbocycles. The van der Waals surface area contributed by atoms with Crippen molar-refractivity contribution in [3.63, 3.8) is 0 Å². The van der Waals surface area contributed by atoms with Crippen LogP contribution in [0.1, 0.15) is 33.1 Å². The lowest BCUT2D eigenvalue weighted by Gasteiger charge is -2.39. The highest BCUT2D eigenvalue weighted by Gasteiger charge is 2.40. The maximum atomic E-state index is 12.7. The van der Waals surface area contributed by atoms with E-state index in [1.165, 1.54) is 0 Å². The number of carbonyl (C=O) groups is 2. The average molecular weight is 421 g/mol. The van der Waals surface area contributed by atoms with E-state index in [2.05, 4.69) is 27.9 Å². The van der Waals surface area contributed by atoms with E-state index in [1.54, 1.807) is 11.0 Å². The average Bonchev–Trinajstić information content (AvgIpc) is 2.43. The summed E-state index contributed by atoms with van der Waals surface area (Å²) in [7, 11) is 0. The molecule has 2 atom stereocenters. The van der Waals surface area contributed by atoms with Crippen molar-refractivity contribution in [3.05, 3.63) is 26.8 Å². The molecular formula is C15H18ClIN2O2. The number of amides is 2. The molecular weight excluding hydrogens is 403 g/mol. The largest absolute Gasteiger partial charge is 0.342 e. The van der Waals surface area contributed by atoms with Crippen molar-refractivity contribution in [3.8, 4) is 0 Å². The molecule has 4 nitrogen and oxygen atoms in total. The lowest BCUT2D eigenvalue weighted by atomic mass is 10.0. The number of benzene rings is 1. The van der Waals surface area contributed by atoms with Gasteiger partial charge in [0.25, 0.3) is 0 Å². The molecule has 1 heterocycles. The zero-order valence-corrected chi connectivity index (χ0v) is 14.9. The Morgan fingerprint density at radius 3 is 2.62 bits per heavy atom. The quantitative estimate of drug-likeness (QED) is 0.760. The summed E-state index contributed by atoms with van der Waals surface area (Å²) in [5.41, 5.74) is 0.616. The van der Waals surface area contributed by atoms with E-state index < -0.39 is 12.1 Å². The Hall–Kier alpha value is -0.820. The number of piperazine rings is 1. The van der Waals surface area contributed by atoms with Crippen LogP contribution in [0.25, 0.3) is 0 Å². The second-order valence-electron chi connectivity index (χ2n) is 5.08. The van der Waals surface area contributed by atoms with Gasteiger partial charge in [0.05, 0.1) is 10.7 Å². The Morgan fingerprint density at radius 1 is 1.33 bits per heavy atom. The Balaban J connectivity index is 2.44. The summed E-state index contributed by atoms with van der Waals surface area (Å²) in [5.74, 6) is -0.184. The van der Waals surface area contributed by atoms with Gasteiger partial charge in [-0.1, -0.05) is 31.9 Å². The van der Waals surface area contributed by atoms with Gasteiger partial charge < -0.3 is 5.32 Å². The fourth-order valence-corrected chi connectivity index (χ4v) is 3.53. The van der Waals surface area contributed by atoms with Gasteiger partial charge >= 0.3 is 0 Å².